The molecule has 0 saturated carbocycles. The first-order valence-electron chi connectivity index (χ1n) is 6.25. The zero-order valence-electron chi connectivity index (χ0n) is 11.5. The Morgan fingerprint density at radius 2 is 2.32 bits per heavy atom. The molecule has 0 atom stereocenters. The summed E-state index contributed by atoms with van der Waals surface area (Å²) in [4.78, 5) is 17.9. The Hall–Kier alpha value is -1.93. The van der Waals surface area contributed by atoms with Gasteiger partial charge in [-0.2, -0.15) is 5.26 Å². The van der Waals surface area contributed by atoms with Crippen molar-refractivity contribution in [3.05, 3.63) is 30.1 Å². The average molecular weight is 260 g/mol. The maximum absolute atomic E-state index is 12.2. The molecule has 1 amide bonds. The van der Waals surface area contributed by atoms with Crippen molar-refractivity contribution in [2.24, 2.45) is 5.73 Å². The number of aromatic nitrogens is 1. The van der Waals surface area contributed by atoms with Crippen LogP contribution >= 0.6 is 0 Å². The Morgan fingerprint density at radius 1 is 1.58 bits per heavy atom. The first kappa shape index (κ1) is 15.1. The Labute approximate surface area is 114 Å². The summed E-state index contributed by atoms with van der Waals surface area (Å²) >= 11 is 0. The summed E-state index contributed by atoms with van der Waals surface area (Å²) in [5.41, 5.74) is 6.27. The highest BCUT2D eigenvalue weighted by Crippen LogP contribution is 2.11. The van der Waals surface area contributed by atoms with Gasteiger partial charge < -0.3 is 10.6 Å². The lowest BCUT2D eigenvalue weighted by Gasteiger charge is -2.26. The number of carbonyl (C=O) groups excluding carboxylic acids is 1. The summed E-state index contributed by atoms with van der Waals surface area (Å²) in [5.74, 6) is -0.0356. The van der Waals surface area contributed by atoms with Crippen LogP contribution in [-0.4, -0.2) is 27.9 Å². The fourth-order valence-electron chi connectivity index (χ4n) is 1.69. The quantitative estimate of drug-likeness (QED) is 0.839. The van der Waals surface area contributed by atoms with Gasteiger partial charge in [0, 0.05) is 37.4 Å². The van der Waals surface area contributed by atoms with Crippen LogP contribution in [0.2, 0.25) is 0 Å². The minimum atomic E-state index is -0.545. The lowest BCUT2D eigenvalue weighted by molar-refractivity contribution is -0.132. The third-order valence-corrected chi connectivity index (χ3v) is 2.55. The molecular weight excluding hydrogens is 240 g/mol. The van der Waals surface area contributed by atoms with Gasteiger partial charge in [0.15, 0.2) is 0 Å². The second kappa shape index (κ2) is 6.86. The standard InChI is InChI=1S/C14H20N4O/c1-14(2,16)9-13(19)18(8-4-6-15)11-12-5-3-7-17-10-12/h3,5,7,10H,4,8-9,11,16H2,1-2H3. The maximum Gasteiger partial charge on any atom is 0.224 e. The van der Waals surface area contributed by atoms with E-state index in [-0.39, 0.29) is 12.3 Å². The molecule has 0 aliphatic heterocycles. The molecule has 1 aromatic heterocycles. The molecule has 0 aliphatic carbocycles. The summed E-state index contributed by atoms with van der Waals surface area (Å²) in [6.07, 6.45) is 3.99. The Balaban J connectivity index is 2.72. The predicted molar refractivity (Wildman–Crippen MR) is 72.8 cm³/mol. The zero-order valence-corrected chi connectivity index (χ0v) is 11.5. The lowest BCUT2D eigenvalue weighted by Crippen LogP contribution is -2.41. The zero-order chi connectivity index (χ0) is 14.3. The summed E-state index contributed by atoms with van der Waals surface area (Å²) in [5, 5.41) is 8.67. The van der Waals surface area contributed by atoms with Gasteiger partial charge in [0.05, 0.1) is 12.5 Å². The largest absolute Gasteiger partial charge is 0.337 e. The minimum absolute atomic E-state index is 0.0356. The lowest BCUT2D eigenvalue weighted by atomic mass is 10.0. The van der Waals surface area contributed by atoms with E-state index in [1.165, 1.54) is 0 Å². The van der Waals surface area contributed by atoms with Crippen molar-refractivity contribution in [2.45, 2.75) is 38.8 Å². The molecule has 1 heterocycles. The van der Waals surface area contributed by atoms with Crippen molar-refractivity contribution in [1.82, 2.24) is 9.88 Å². The number of nitrogens with zero attached hydrogens (tertiary/aromatic N) is 3. The minimum Gasteiger partial charge on any atom is -0.337 e. The van der Waals surface area contributed by atoms with Crippen molar-refractivity contribution in [1.29, 1.82) is 5.26 Å². The molecule has 0 bridgehead atoms. The highest BCUT2D eigenvalue weighted by Gasteiger charge is 2.21. The SMILES string of the molecule is CC(C)(N)CC(=O)N(CCC#N)Cc1cccnc1. The Bertz CT molecular complexity index is 445. The molecule has 0 saturated heterocycles. The molecule has 1 rings (SSSR count). The molecule has 0 aliphatic rings. The maximum atomic E-state index is 12.2. The highest BCUT2D eigenvalue weighted by molar-refractivity contribution is 5.77. The van der Waals surface area contributed by atoms with Gasteiger partial charge in [0.2, 0.25) is 5.91 Å². The first-order valence-corrected chi connectivity index (χ1v) is 6.25. The smallest absolute Gasteiger partial charge is 0.224 e. The predicted octanol–water partition coefficient (Wildman–Crippen LogP) is 1.45. The Morgan fingerprint density at radius 3 is 2.84 bits per heavy atom. The third kappa shape index (κ3) is 5.98. The second-order valence-corrected chi connectivity index (χ2v) is 5.25. The normalized spacial score (nSPS) is 10.8. The molecule has 0 radical (unpaired) electrons. The molecule has 102 valence electrons. The van der Waals surface area contributed by atoms with Crippen LogP contribution < -0.4 is 5.73 Å². The second-order valence-electron chi connectivity index (χ2n) is 5.25. The van der Waals surface area contributed by atoms with E-state index in [2.05, 4.69) is 11.1 Å². The number of amides is 1. The molecule has 1 aromatic rings. The van der Waals surface area contributed by atoms with E-state index in [9.17, 15) is 4.79 Å². The monoisotopic (exact) mass is 260 g/mol. The van der Waals surface area contributed by atoms with E-state index in [1.807, 2.05) is 26.0 Å². The summed E-state index contributed by atoms with van der Waals surface area (Å²) < 4.78 is 0. The van der Waals surface area contributed by atoms with Gasteiger partial charge in [-0.25, -0.2) is 0 Å². The first-order chi connectivity index (χ1) is 8.92. The molecule has 0 spiro atoms. The molecule has 5 nitrogen and oxygen atoms in total. The van der Waals surface area contributed by atoms with Crippen LogP contribution in [0.4, 0.5) is 0 Å². The van der Waals surface area contributed by atoms with Gasteiger partial charge in [-0.1, -0.05) is 6.07 Å². The van der Waals surface area contributed by atoms with Gasteiger partial charge in [0.1, 0.15) is 0 Å². The molecule has 0 aromatic carbocycles. The van der Waals surface area contributed by atoms with E-state index < -0.39 is 5.54 Å². The van der Waals surface area contributed by atoms with E-state index in [1.54, 1.807) is 17.3 Å². The third-order valence-electron chi connectivity index (χ3n) is 2.55. The number of pyridine rings is 1. The Kier molecular flexibility index (Phi) is 5.46. The van der Waals surface area contributed by atoms with Crippen LogP contribution in [0.3, 0.4) is 0 Å². The van der Waals surface area contributed by atoms with E-state index in [0.29, 0.717) is 19.5 Å². The number of nitrogens with two attached hydrogens (primary N) is 1. The van der Waals surface area contributed by atoms with Gasteiger partial charge >= 0.3 is 0 Å². The van der Waals surface area contributed by atoms with Crippen LogP contribution in [-0.2, 0) is 11.3 Å². The van der Waals surface area contributed by atoms with Crippen molar-refractivity contribution in [3.63, 3.8) is 0 Å². The number of carbonyl (C=O) groups is 1. The summed E-state index contributed by atoms with van der Waals surface area (Å²) in [7, 11) is 0. The summed E-state index contributed by atoms with van der Waals surface area (Å²) in [6, 6.07) is 5.80. The number of rotatable bonds is 6. The fraction of sp³-hybridized carbons (Fsp3) is 0.500. The van der Waals surface area contributed by atoms with Crippen molar-refractivity contribution < 1.29 is 4.79 Å². The van der Waals surface area contributed by atoms with Gasteiger partial charge in [-0.05, 0) is 25.5 Å². The molecule has 2 N–H and O–H groups in total. The topological polar surface area (TPSA) is 83.0 Å². The van der Waals surface area contributed by atoms with Crippen LogP contribution in [0.15, 0.2) is 24.5 Å². The van der Waals surface area contributed by atoms with Crippen molar-refractivity contribution in [2.75, 3.05) is 6.54 Å². The summed E-state index contributed by atoms with van der Waals surface area (Å²) in [6.45, 7) is 4.51. The van der Waals surface area contributed by atoms with Crippen LogP contribution in [0.25, 0.3) is 0 Å². The molecule has 5 heteroatoms. The van der Waals surface area contributed by atoms with E-state index >= 15 is 0 Å². The van der Waals surface area contributed by atoms with Crippen molar-refractivity contribution in [3.8, 4) is 6.07 Å². The number of hydrogen-bond acceptors (Lipinski definition) is 4. The van der Waals surface area contributed by atoms with E-state index in [4.69, 9.17) is 11.0 Å². The number of hydrogen-bond donors (Lipinski definition) is 1. The van der Waals surface area contributed by atoms with Gasteiger partial charge in [0.25, 0.3) is 0 Å². The van der Waals surface area contributed by atoms with Gasteiger partial charge in [-0.3, -0.25) is 9.78 Å². The highest BCUT2D eigenvalue weighted by atomic mass is 16.2. The number of nitriles is 1. The van der Waals surface area contributed by atoms with Crippen molar-refractivity contribution >= 4 is 5.91 Å². The average Bonchev–Trinajstić information content (AvgIpc) is 2.33. The molecular formula is C14H20N4O. The molecule has 0 unspecified atom stereocenters. The van der Waals surface area contributed by atoms with Crippen LogP contribution in [0.5, 0.6) is 0 Å². The molecule has 0 fully saturated rings. The van der Waals surface area contributed by atoms with Crippen LogP contribution in [0.1, 0.15) is 32.3 Å². The molecule has 19 heavy (non-hydrogen) atoms. The van der Waals surface area contributed by atoms with Crippen LogP contribution in [0, 0.1) is 11.3 Å². The fourth-order valence-corrected chi connectivity index (χ4v) is 1.69. The van der Waals surface area contributed by atoms with E-state index in [0.717, 1.165) is 5.56 Å². The van der Waals surface area contributed by atoms with Gasteiger partial charge in [-0.15, -0.1) is 0 Å².